The molecule has 2 aromatic rings. The van der Waals surface area contributed by atoms with Gasteiger partial charge in [-0.2, -0.15) is 0 Å². The van der Waals surface area contributed by atoms with Crippen LogP contribution in [0.3, 0.4) is 0 Å². The molecule has 1 aliphatic heterocycles. The number of likely N-dealkylation sites (tertiary alicyclic amines) is 1. The van der Waals surface area contributed by atoms with Crippen LogP contribution in [0, 0.1) is 0 Å². The molecule has 7 nitrogen and oxygen atoms in total. The van der Waals surface area contributed by atoms with E-state index in [1.807, 2.05) is 19.1 Å². The lowest BCUT2D eigenvalue weighted by Gasteiger charge is -2.32. The van der Waals surface area contributed by atoms with Gasteiger partial charge in [-0.3, -0.25) is 4.79 Å². The number of carbonyl (C=O) groups excluding carboxylic acids is 1. The number of piperidine rings is 1. The van der Waals surface area contributed by atoms with Gasteiger partial charge in [-0.25, -0.2) is 13.1 Å². The van der Waals surface area contributed by atoms with Crippen LogP contribution in [0.1, 0.15) is 30.1 Å². The summed E-state index contributed by atoms with van der Waals surface area (Å²) in [6, 6.07) is 15.3. The monoisotopic (exact) mass is 432 g/mol. The van der Waals surface area contributed by atoms with Gasteiger partial charge in [0.2, 0.25) is 10.0 Å². The molecular weight excluding hydrogens is 404 g/mol. The van der Waals surface area contributed by atoms with E-state index in [9.17, 15) is 13.2 Å². The molecule has 1 fully saturated rings. The third kappa shape index (κ3) is 5.81. The molecule has 0 atom stereocenters. The molecule has 8 heteroatoms. The van der Waals surface area contributed by atoms with Crippen LogP contribution in [-0.2, 0) is 14.8 Å². The first-order chi connectivity index (χ1) is 14.5. The predicted octanol–water partition coefficient (Wildman–Crippen LogP) is 2.69. The summed E-state index contributed by atoms with van der Waals surface area (Å²) < 4.78 is 38.8. The van der Waals surface area contributed by atoms with Crippen molar-refractivity contribution in [3.05, 3.63) is 60.2 Å². The fourth-order valence-corrected chi connectivity index (χ4v) is 4.71. The van der Waals surface area contributed by atoms with Crippen LogP contribution >= 0.6 is 0 Å². The molecule has 2 aromatic carbocycles. The number of hydrogen-bond donors (Lipinski definition) is 1. The van der Waals surface area contributed by atoms with Crippen molar-refractivity contribution in [1.29, 1.82) is 0 Å². The second-order valence-corrected chi connectivity index (χ2v) is 8.76. The van der Waals surface area contributed by atoms with Crippen LogP contribution in [-0.4, -0.2) is 58.2 Å². The van der Waals surface area contributed by atoms with Gasteiger partial charge in [-0.15, -0.1) is 0 Å². The highest BCUT2D eigenvalue weighted by Crippen LogP contribution is 2.23. The van der Waals surface area contributed by atoms with Crippen LogP contribution in [0.25, 0.3) is 0 Å². The van der Waals surface area contributed by atoms with E-state index in [0.29, 0.717) is 57.1 Å². The third-order valence-corrected chi connectivity index (χ3v) is 6.50. The molecule has 0 aliphatic carbocycles. The molecule has 0 bridgehead atoms. The minimum atomic E-state index is -3.56. The fourth-order valence-electron chi connectivity index (χ4n) is 3.38. The Hall–Kier alpha value is -2.42. The van der Waals surface area contributed by atoms with E-state index >= 15 is 0 Å². The van der Waals surface area contributed by atoms with Crippen molar-refractivity contribution in [2.75, 3.05) is 32.9 Å². The summed E-state index contributed by atoms with van der Waals surface area (Å²) >= 11 is 0. The number of nitrogens with zero attached hydrogens (tertiary/aromatic N) is 1. The zero-order chi connectivity index (χ0) is 21.4. The predicted molar refractivity (Wildman–Crippen MR) is 114 cm³/mol. The van der Waals surface area contributed by atoms with Crippen molar-refractivity contribution in [2.45, 2.75) is 30.7 Å². The molecule has 0 unspecified atom stereocenters. The summed E-state index contributed by atoms with van der Waals surface area (Å²) in [6.07, 6.45) is 1.12. The molecule has 1 heterocycles. The number of sulfonamides is 1. The van der Waals surface area contributed by atoms with Gasteiger partial charge in [-0.1, -0.05) is 30.3 Å². The molecule has 0 radical (unpaired) electrons. The summed E-state index contributed by atoms with van der Waals surface area (Å²) in [4.78, 5) is 15.0. The number of ether oxygens (including phenoxy) is 2. The zero-order valence-corrected chi connectivity index (χ0v) is 17.9. The van der Waals surface area contributed by atoms with Gasteiger partial charge in [0.15, 0.2) is 0 Å². The van der Waals surface area contributed by atoms with Crippen molar-refractivity contribution in [1.82, 2.24) is 9.62 Å². The number of benzene rings is 2. The Morgan fingerprint density at radius 2 is 1.70 bits per heavy atom. The van der Waals surface area contributed by atoms with Crippen LogP contribution < -0.4 is 9.46 Å². The first-order valence-electron chi connectivity index (χ1n) is 10.2. The molecule has 1 amide bonds. The molecule has 30 heavy (non-hydrogen) atoms. The minimum Gasteiger partial charge on any atom is -0.490 e. The molecule has 162 valence electrons. The Kier molecular flexibility index (Phi) is 7.84. The average molecular weight is 433 g/mol. The van der Waals surface area contributed by atoms with E-state index in [1.165, 1.54) is 0 Å². The first-order valence-corrected chi connectivity index (χ1v) is 11.7. The van der Waals surface area contributed by atoms with E-state index in [4.69, 9.17) is 9.47 Å². The van der Waals surface area contributed by atoms with E-state index in [1.54, 1.807) is 47.4 Å². The van der Waals surface area contributed by atoms with Crippen LogP contribution in [0.2, 0.25) is 0 Å². The third-order valence-electron chi connectivity index (χ3n) is 4.96. The number of para-hydroxylation sites is 1. The number of amides is 1. The SMILES string of the molecule is CCOCCOc1ccccc1C(=O)N1CCC(NS(=O)(=O)c2ccccc2)CC1. The Balaban J connectivity index is 1.57. The van der Waals surface area contributed by atoms with Gasteiger partial charge >= 0.3 is 0 Å². The van der Waals surface area contributed by atoms with Gasteiger partial charge < -0.3 is 14.4 Å². The lowest BCUT2D eigenvalue weighted by atomic mass is 10.0. The summed E-state index contributed by atoms with van der Waals surface area (Å²) in [5.74, 6) is 0.431. The maximum absolute atomic E-state index is 13.0. The maximum Gasteiger partial charge on any atom is 0.257 e. The summed E-state index contributed by atoms with van der Waals surface area (Å²) in [5, 5.41) is 0. The van der Waals surface area contributed by atoms with Gasteiger partial charge in [0, 0.05) is 25.7 Å². The molecule has 1 aliphatic rings. The topological polar surface area (TPSA) is 84.9 Å². The first kappa shape index (κ1) is 22.3. The van der Waals surface area contributed by atoms with Crippen molar-refractivity contribution in [3.8, 4) is 5.75 Å². The molecular formula is C22H28N2O5S. The average Bonchev–Trinajstić information content (AvgIpc) is 2.77. The lowest BCUT2D eigenvalue weighted by molar-refractivity contribution is 0.0701. The van der Waals surface area contributed by atoms with E-state index in [-0.39, 0.29) is 16.8 Å². The standard InChI is InChI=1S/C22H28N2O5S/c1-2-28-16-17-29-21-11-7-6-10-20(21)22(25)24-14-12-18(13-15-24)23-30(26,27)19-8-4-3-5-9-19/h3-11,18,23H,2,12-17H2,1H3. The number of rotatable bonds is 9. The van der Waals surface area contributed by atoms with Gasteiger partial charge in [0.05, 0.1) is 17.1 Å². The van der Waals surface area contributed by atoms with Crippen LogP contribution in [0.4, 0.5) is 0 Å². The molecule has 1 N–H and O–H groups in total. The quantitative estimate of drug-likeness (QED) is 0.616. The number of hydrogen-bond acceptors (Lipinski definition) is 5. The van der Waals surface area contributed by atoms with Crippen LogP contribution in [0.5, 0.6) is 5.75 Å². The smallest absolute Gasteiger partial charge is 0.257 e. The second kappa shape index (κ2) is 10.6. The van der Waals surface area contributed by atoms with E-state index in [2.05, 4.69) is 4.72 Å². The molecule has 0 spiro atoms. The Morgan fingerprint density at radius 1 is 1.03 bits per heavy atom. The maximum atomic E-state index is 13.0. The van der Waals surface area contributed by atoms with Crippen molar-refractivity contribution in [2.24, 2.45) is 0 Å². The summed E-state index contributed by atoms with van der Waals surface area (Å²) in [6.45, 7) is 4.34. The van der Waals surface area contributed by atoms with Gasteiger partial charge in [0.25, 0.3) is 5.91 Å². The number of carbonyl (C=O) groups is 1. The fraction of sp³-hybridized carbons (Fsp3) is 0.409. The molecule has 0 aromatic heterocycles. The summed E-state index contributed by atoms with van der Waals surface area (Å²) in [5.41, 5.74) is 0.511. The molecule has 1 saturated heterocycles. The largest absolute Gasteiger partial charge is 0.490 e. The minimum absolute atomic E-state index is 0.105. The van der Waals surface area contributed by atoms with Crippen molar-refractivity contribution >= 4 is 15.9 Å². The van der Waals surface area contributed by atoms with E-state index in [0.717, 1.165) is 0 Å². The van der Waals surface area contributed by atoms with Crippen molar-refractivity contribution in [3.63, 3.8) is 0 Å². The van der Waals surface area contributed by atoms with Crippen molar-refractivity contribution < 1.29 is 22.7 Å². The Bertz CT molecular complexity index is 926. The Morgan fingerprint density at radius 3 is 2.40 bits per heavy atom. The highest BCUT2D eigenvalue weighted by atomic mass is 32.2. The number of nitrogens with one attached hydrogen (secondary N) is 1. The van der Waals surface area contributed by atoms with E-state index < -0.39 is 10.0 Å². The Labute approximate surface area is 178 Å². The highest BCUT2D eigenvalue weighted by molar-refractivity contribution is 7.89. The summed E-state index contributed by atoms with van der Waals surface area (Å²) in [7, 11) is -3.56. The molecule has 0 saturated carbocycles. The lowest BCUT2D eigenvalue weighted by Crippen LogP contribution is -2.46. The molecule has 3 rings (SSSR count). The highest BCUT2D eigenvalue weighted by Gasteiger charge is 2.28. The zero-order valence-electron chi connectivity index (χ0n) is 17.1. The normalized spacial score (nSPS) is 15.2. The van der Waals surface area contributed by atoms with Gasteiger partial charge in [0.1, 0.15) is 12.4 Å². The van der Waals surface area contributed by atoms with Gasteiger partial charge in [-0.05, 0) is 44.0 Å². The second-order valence-electron chi connectivity index (χ2n) is 7.04. The van der Waals surface area contributed by atoms with Crippen LogP contribution in [0.15, 0.2) is 59.5 Å².